The van der Waals surface area contributed by atoms with Crippen LogP contribution in [-0.4, -0.2) is 53.3 Å². The zero-order valence-electron chi connectivity index (χ0n) is 22.9. The highest BCUT2D eigenvalue weighted by atomic mass is 32.2. The van der Waals surface area contributed by atoms with Gasteiger partial charge in [-0.1, -0.05) is 24.6 Å². The number of ether oxygens (including phenoxy) is 1. The third-order valence-electron chi connectivity index (χ3n) is 7.02. The number of sulfonamides is 2. The van der Waals surface area contributed by atoms with E-state index < -0.39 is 26.0 Å². The number of rotatable bonds is 10. The summed E-state index contributed by atoms with van der Waals surface area (Å²) < 4.78 is 61.7. The van der Waals surface area contributed by atoms with Gasteiger partial charge in [0.25, 0.3) is 15.9 Å². The third kappa shape index (κ3) is 6.83. The molecule has 0 aromatic heterocycles. The molecule has 1 fully saturated rings. The second kappa shape index (κ2) is 12.4. The molecule has 3 aromatic rings. The van der Waals surface area contributed by atoms with Gasteiger partial charge in [-0.3, -0.25) is 9.52 Å². The van der Waals surface area contributed by atoms with Crippen molar-refractivity contribution in [1.29, 1.82) is 0 Å². The Hall–Kier alpha value is -3.41. The van der Waals surface area contributed by atoms with Crippen LogP contribution in [0.1, 0.15) is 46.3 Å². The quantitative estimate of drug-likeness (QED) is 0.340. The maximum Gasteiger partial charge on any atom is 0.262 e. The van der Waals surface area contributed by atoms with E-state index in [2.05, 4.69) is 10.0 Å². The summed E-state index contributed by atoms with van der Waals surface area (Å²) in [5.41, 5.74) is 3.01. The molecule has 9 nitrogen and oxygen atoms in total. The number of benzene rings is 3. The summed E-state index contributed by atoms with van der Waals surface area (Å²) in [6.45, 7) is 6.82. The van der Waals surface area contributed by atoms with Crippen molar-refractivity contribution in [3.63, 3.8) is 0 Å². The Labute approximate surface area is 236 Å². The molecule has 0 bridgehead atoms. The lowest BCUT2D eigenvalue weighted by molar-refractivity contribution is 0.0946. The molecule has 4 rings (SSSR count). The smallest absolute Gasteiger partial charge is 0.262 e. The van der Waals surface area contributed by atoms with Crippen molar-refractivity contribution < 1.29 is 26.4 Å². The Bertz CT molecular complexity index is 1580. The summed E-state index contributed by atoms with van der Waals surface area (Å²) >= 11 is 0. The van der Waals surface area contributed by atoms with Gasteiger partial charge in [0, 0.05) is 18.7 Å². The van der Waals surface area contributed by atoms with Gasteiger partial charge in [0.15, 0.2) is 0 Å². The number of hydrogen-bond acceptors (Lipinski definition) is 6. The number of anilines is 1. The number of nitrogens with one attached hydrogen (secondary N) is 2. The first-order valence-electron chi connectivity index (χ1n) is 13.2. The Kier molecular flexibility index (Phi) is 9.17. The fraction of sp³-hybridized carbons (Fsp3) is 0.345. The second-order valence-electron chi connectivity index (χ2n) is 9.87. The monoisotopic (exact) mass is 585 g/mol. The summed E-state index contributed by atoms with van der Waals surface area (Å²) in [6.07, 6.45) is 2.79. The lowest BCUT2D eigenvalue weighted by atomic mass is 10.1. The molecular formula is C29H35N3O6S2. The van der Waals surface area contributed by atoms with Crippen molar-refractivity contribution in [2.45, 2.75) is 49.8 Å². The molecule has 1 aliphatic heterocycles. The number of amides is 1. The van der Waals surface area contributed by atoms with E-state index in [9.17, 15) is 21.6 Å². The molecule has 2 N–H and O–H groups in total. The van der Waals surface area contributed by atoms with Crippen LogP contribution in [0.4, 0.5) is 5.69 Å². The Morgan fingerprint density at radius 3 is 2.27 bits per heavy atom. The molecule has 0 aliphatic carbocycles. The summed E-state index contributed by atoms with van der Waals surface area (Å²) in [7, 11) is -7.43. The van der Waals surface area contributed by atoms with Crippen LogP contribution in [0.15, 0.2) is 70.5 Å². The number of carbonyl (C=O) groups is 1. The largest absolute Gasteiger partial charge is 0.492 e. The second-order valence-corrected chi connectivity index (χ2v) is 13.5. The van der Waals surface area contributed by atoms with E-state index in [0.717, 1.165) is 30.4 Å². The molecule has 11 heteroatoms. The number of carbonyl (C=O) groups excluding carboxylic acids is 1. The highest BCUT2D eigenvalue weighted by molar-refractivity contribution is 7.92. The van der Waals surface area contributed by atoms with Gasteiger partial charge < -0.3 is 10.1 Å². The van der Waals surface area contributed by atoms with E-state index in [1.165, 1.54) is 22.5 Å². The summed E-state index contributed by atoms with van der Waals surface area (Å²) in [5.74, 6) is 0.0443. The maximum absolute atomic E-state index is 13.2. The Morgan fingerprint density at radius 2 is 1.57 bits per heavy atom. The minimum atomic E-state index is -3.92. The molecule has 1 saturated heterocycles. The minimum absolute atomic E-state index is 0.0249. The van der Waals surface area contributed by atoms with Crippen LogP contribution in [0, 0.1) is 20.8 Å². The van der Waals surface area contributed by atoms with Crippen LogP contribution in [0.5, 0.6) is 5.75 Å². The lowest BCUT2D eigenvalue weighted by Gasteiger charge is -2.25. The number of aryl methyl sites for hydroxylation is 2. The first-order valence-corrected chi connectivity index (χ1v) is 16.1. The molecule has 0 saturated carbocycles. The van der Waals surface area contributed by atoms with Crippen molar-refractivity contribution in [2.75, 3.05) is 31.0 Å². The van der Waals surface area contributed by atoms with E-state index in [1.807, 2.05) is 19.9 Å². The zero-order chi connectivity index (χ0) is 28.9. The molecule has 1 amide bonds. The van der Waals surface area contributed by atoms with E-state index in [4.69, 9.17) is 4.74 Å². The highest BCUT2D eigenvalue weighted by Crippen LogP contribution is 2.25. The van der Waals surface area contributed by atoms with Crippen LogP contribution in [0.25, 0.3) is 0 Å². The van der Waals surface area contributed by atoms with Crippen LogP contribution in [0.3, 0.4) is 0 Å². The molecule has 0 spiro atoms. The third-order valence-corrected chi connectivity index (χ3v) is 10.4. The van der Waals surface area contributed by atoms with Crippen molar-refractivity contribution in [3.05, 3.63) is 82.9 Å². The van der Waals surface area contributed by atoms with Gasteiger partial charge in [-0.25, -0.2) is 16.8 Å². The molecule has 214 valence electrons. The first kappa shape index (κ1) is 29.6. The van der Waals surface area contributed by atoms with Gasteiger partial charge in [-0.05, 0) is 92.8 Å². The molecule has 1 heterocycles. The maximum atomic E-state index is 13.2. The van der Waals surface area contributed by atoms with E-state index in [0.29, 0.717) is 30.1 Å². The zero-order valence-corrected chi connectivity index (χ0v) is 24.6. The summed E-state index contributed by atoms with van der Waals surface area (Å²) in [5, 5.41) is 2.73. The molecule has 40 heavy (non-hydrogen) atoms. The summed E-state index contributed by atoms with van der Waals surface area (Å²) in [6, 6.07) is 16.2. The van der Waals surface area contributed by atoms with Crippen LogP contribution in [-0.2, 0) is 20.0 Å². The average Bonchev–Trinajstić information content (AvgIpc) is 2.94. The van der Waals surface area contributed by atoms with E-state index in [1.54, 1.807) is 43.3 Å². The van der Waals surface area contributed by atoms with E-state index in [-0.39, 0.29) is 28.5 Å². The van der Waals surface area contributed by atoms with Crippen LogP contribution >= 0.6 is 0 Å². The van der Waals surface area contributed by atoms with Crippen molar-refractivity contribution in [2.24, 2.45) is 0 Å². The molecule has 0 atom stereocenters. The van der Waals surface area contributed by atoms with Crippen LogP contribution < -0.4 is 14.8 Å². The predicted octanol–water partition coefficient (Wildman–Crippen LogP) is 4.40. The Morgan fingerprint density at radius 1 is 0.875 bits per heavy atom. The van der Waals surface area contributed by atoms with Gasteiger partial charge in [-0.15, -0.1) is 0 Å². The fourth-order valence-electron chi connectivity index (χ4n) is 4.49. The van der Waals surface area contributed by atoms with Gasteiger partial charge in [0.1, 0.15) is 12.4 Å². The molecule has 0 radical (unpaired) electrons. The SMILES string of the molecule is Cc1ccc(C(=O)NCCOc2ccc(S(=O)(=O)N3CCCCC3)cc2)cc1S(=O)(=O)Nc1cccc(C)c1C. The van der Waals surface area contributed by atoms with Crippen molar-refractivity contribution >= 4 is 31.6 Å². The molecular weight excluding hydrogens is 550 g/mol. The predicted molar refractivity (Wildman–Crippen MR) is 155 cm³/mol. The van der Waals surface area contributed by atoms with Crippen molar-refractivity contribution in [3.8, 4) is 5.75 Å². The molecule has 3 aromatic carbocycles. The lowest BCUT2D eigenvalue weighted by Crippen LogP contribution is -2.35. The van der Waals surface area contributed by atoms with Gasteiger partial charge in [0.2, 0.25) is 10.0 Å². The normalized spacial score (nSPS) is 14.5. The molecule has 1 aliphatic rings. The van der Waals surface area contributed by atoms with Crippen molar-refractivity contribution in [1.82, 2.24) is 9.62 Å². The number of hydrogen-bond donors (Lipinski definition) is 2. The Balaban J connectivity index is 1.33. The summed E-state index contributed by atoms with van der Waals surface area (Å²) in [4.78, 5) is 13.0. The van der Waals surface area contributed by atoms with Gasteiger partial charge >= 0.3 is 0 Å². The minimum Gasteiger partial charge on any atom is -0.492 e. The topological polar surface area (TPSA) is 122 Å². The fourth-order valence-corrected chi connectivity index (χ4v) is 7.40. The standard InChI is InChI=1S/C29H35N3O6S2/c1-21-8-7-9-27(23(21)3)31-39(34,35)28-20-24(11-10-22(28)2)29(33)30-16-19-38-25-12-14-26(15-13-25)40(36,37)32-17-5-4-6-18-32/h7-15,20,31H,4-6,16-19H2,1-3H3,(H,30,33). The highest BCUT2D eigenvalue weighted by Gasteiger charge is 2.26. The van der Waals surface area contributed by atoms with E-state index >= 15 is 0 Å². The first-order chi connectivity index (χ1) is 19.0. The number of nitrogens with zero attached hydrogens (tertiary/aromatic N) is 1. The van der Waals surface area contributed by atoms with Gasteiger partial charge in [0.05, 0.1) is 22.0 Å². The van der Waals surface area contributed by atoms with Gasteiger partial charge in [-0.2, -0.15) is 4.31 Å². The number of piperidine rings is 1. The van der Waals surface area contributed by atoms with Crippen LogP contribution in [0.2, 0.25) is 0 Å². The average molecular weight is 586 g/mol. The molecule has 0 unspecified atom stereocenters.